The molecule has 0 saturated carbocycles. The quantitative estimate of drug-likeness (QED) is 0.674. The highest BCUT2D eigenvalue weighted by atomic mass is 32.1. The van der Waals surface area contributed by atoms with Crippen LogP contribution in [0.3, 0.4) is 0 Å². The second-order valence-electron chi connectivity index (χ2n) is 3.59. The number of thiophene rings is 1. The number of aromatic nitrogens is 2. The van der Waals surface area contributed by atoms with Crippen LogP contribution in [0.25, 0.3) is 9.88 Å². The molecule has 1 unspecified atom stereocenters. The minimum absolute atomic E-state index is 0.127. The standard InChI is InChI=1S/C10H12N4O2S2/c1-3-6(11-2)9-12-13-10(18-9)7-4-5-8(17-7)14(15)16/h4-6,11H,3H2,1-2H3. The second kappa shape index (κ2) is 5.51. The fraction of sp³-hybridized carbons (Fsp3) is 0.400. The summed E-state index contributed by atoms with van der Waals surface area (Å²) in [5.41, 5.74) is 0. The molecule has 2 aromatic heterocycles. The predicted molar refractivity (Wildman–Crippen MR) is 72.0 cm³/mol. The maximum Gasteiger partial charge on any atom is 0.324 e. The molecule has 0 amide bonds. The van der Waals surface area contributed by atoms with Gasteiger partial charge in [0.05, 0.1) is 15.8 Å². The van der Waals surface area contributed by atoms with Crippen LogP contribution >= 0.6 is 22.7 Å². The number of hydrogen-bond donors (Lipinski definition) is 1. The first kappa shape index (κ1) is 13.1. The molecule has 1 atom stereocenters. The lowest BCUT2D eigenvalue weighted by atomic mass is 10.2. The molecule has 0 spiro atoms. The Labute approximate surface area is 112 Å². The van der Waals surface area contributed by atoms with E-state index in [0.29, 0.717) is 0 Å². The topological polar surface area (TPSA) is 81.0 Å². The largest absolute Gasteiger partial charge is 0.324 e. The van der Waals surface area contributed by atoms with Gasteiger partial charge >= 0.3 is 5.00 Å². The number of nitrogens with zero attached hydrogens (tertiary/aromatic N) is 3. The van der Waals surface area contributed by atoms with E-state index >= 15 is 0 Å². The molecule has 1 N–H and O–H groups in total. The second-order valence-corrected chi connectivity index (χ2v) is 5.66. The number of rotatable bonds is 5. The van der Waals surface area contributed by atoms with Crippen molar-refractivity contribution in [3.8, 4) is 9.88 Å². The van der Waals surface area contributed by atoms with E-state index in [2.05, 4.69) is 22.4 Å². The van der Waals surface area contributed by atoms with Gasteiger partial charge < -0.3 is 5.32 Å². The average Bonchev–Trinajstić information content (AvgIpc) is 2.98. The van der Waals surface area contributed by atoms with Crippen molar-refractivity contribution in [2.45, 2.75) is 19.4 Å². The first-order valence-corrected chi connectivity index (χ1v) is 7.04. The summed E-state index contributed by atoms with van der Waals surface area (Å²) in [4.78, 5) is 11.0. The Morgan fingerprint density at radius 3 is 2.78 bits per heavy atom. The van der Waals surface area contributed by atoms with Crippen molar-refractivity contribution in [2.24, 2.45) is 0 Å². The third-order valence-electron chi connectivity index (χ3n) is 2.48. The molecule has 0 fully saturated rings. The average molecular weight is 284 g/mol. The third-order valence-corrected chi connectivity index (χ3v) is 4.72. The van der Waals surface area contributed by atoms with Crippen LogP contribution in [-0.4, -0.2) is 22.2 Å². The Balaban J connectivity index is 2.26. The van der Waals surface area contributed by atoms with Gasteiger partial charge in [0.15, 0.2) is 5.01 Å². The van der Waals surface area contributed by atoms with E-state index in [1.807, 2.05) is 7.05 Å². The van der Waals surface area contributed by atoms with E-state index in [1.165, 1.54) is 17.4 Å². The fourth-order valence-corrected chi connectivity index (χ4v) is 3.42. The van der Waals surface area contributed by atoms with Crippen LogP contribution in [0, 0.1) is 10.1 Å². The van der Waals surface area contributed by atoms with Crippen molar-refractivity contribution < 1.29 is 4.92 Å². The van der Waals surface area contributed by atoms with Gasteiger partial charge in [-0.3, -0.25) is 10.1 Å². The van der Waals surface area contributed by atoms with Crippen LogP contribution in [0.15, 0.2) is 12.1 Å². The van der Waals surface area contributed by atoms with E-state index < -0.39 is 4.92 Å². The SMILES string of the molecule is CCC(NC)c1nnc(-c2ccc([N+](=O)[O-])s2)s1. The van der Waals surface area contributed by atoms with Crippen molar-refractivity contribution in [1.29, 1.82) is 0 Å². The van der Waals surface area contributed by atoms with Crippen LogP contribution in [0.5, 0.6) is 0 Å². The van der Waals surface area contributed by atoms with E-state index in [9.17, 15) is 10.1 Å². The highest BCUT2D eigenvalue weighted by molar-refractivity contribution is 7.23. The molecule has 96 valence electrons. The summed E-state index contributed by atoms with van der Waals surface area (Å²) in [7, 11) is 1.88. The summed E-state index contributed by atoms with van der Waals surface area (Å²) in [5.74, 6) is 0. The zero-order chi connectivity index (χ0) is 13.1. The van der Waals surface area contributed by atoms with Gasteiger partial charge in [-0.1, -0.05) is 29.6 Å². The van der Waals surface area contributed by atoms with E-state index in [-0.39, 0.29) is 11.0 Å². The molecule has 0 saturated heterocycles. The maximum absolute atomic E-state index is 10.6. The minimum atomic E-state index is -0.390. The number of nitrogens with one attached hydrogen (secondary N) is 1. The lowest BCUT2D eigenvalue weighted by Crippen LogP contribution is -2.14. The van der Waals surface area contributed by atoms with Gasteiger partial charge in [-0.15, -0.1) is 10.2 Å². The van der Waals surface area contributed by atoms with Crippen molar-refractivity contribution >= 4 is 27.7 Å². The molecule has 0 aliphatic carbocycles. The zero-order valence-electron chi connectivity index (χ0n) is 9.91. The molecule has 2 heterocycles. The van der Waals surface area contributed by atoms with E-state index in [4.69, 9.17) is 0 Å². The zero-order valence-corrected chi connectivity index (χ0v) is 11.5. The summed E-state index contributed by atoms with van der Waals surface area (Å²) in [5, 5.41) is 23.8. The van der Waals surface area contributed by atoms with Gasteiger partial charge in [0, 0.05) is 6.07 Å². The van der Waals surface area contributed by atoms with Crippen molar-refractivity contribution in [1.82, 2.24) is 15.5 Å². The monoisotopic (exact) mass is 284 g/mol. The summed E-state index contributed by atoms with van der Waals surface area (Å²) >= 11 is 2.59. The summed E-state index contributed by atoms with van der Waals surface area (Å²) < 4.78 is 0. The molecule has 0 aromatic carbocycles. The summed E-state index contributed by atoms with van der Waals surface area (Å²) in [6.07, 6.45) is 0.926. The first-order valence-electron chi connectivity index (χ1n) is 5.41. The van der Waals surface area contributed by atoms with Crippen LogP contribution < -0.4 is 5.32 Å². The Kier molecular flexibility index (Phi) is 4.00. The molecule has 0 radical (unpaired) electrons. The van der Waals surface area contributed by atoms with Crippen LogP contribution in [0.4, 0.5) is 5.00 Å². The Morgan fingerprint density at radius 1 is 1.44 bits per heavy atom. The molecular weight excluding hydrogens is 272 g/mol. The van der Waals surface area contributed by atoms with Crippen LogP contribution in [0.2, 0.25) is 0 Å². The molecule has 2 aromatic rings. The summed E-state index contributed by atoms with van der Waals surface area (Å²) in [6, 6.07) is 3.40. The van der Waals surface area contributed by atoms with Crippen LogP contribution in [-0.2, 0) is 0 Å². The van der Waals surface area contributed by atoms with E-state index in [1.54, 1.807) is 6.07 Å². The molecule has 2 rings (SSSR count). The van der Waals surface area contributed by atoms with E-state index in [0.717, 1.165) is 32.7 Å². The summed E-state index contributed by atoms with van der Waals surface area (Å²) in [6.45, 7) is 2.07. The molecular formula is C10H12N4O2S2. The van der Waals surface area contributed by atoms with Gasteiger partial charge in [0.2, 0.25) is 0 Å². The molecule has 6 nitrogen and oxygen atoms in total. The predicted octanol–water partition coefficient (Wildman–Crippen LogP) is 2.85. The lowest BCUT2D eigenvalue weighted by molar-refractivity contribution is -0.380. The minimum Gasteiger partial charge on any atom is -0.311 e. The van der Waals surface area contributed by atoms with Crippen molar-refractivity contribution in [3.05, 3.63) is 27.3 Å². The molecule has 0 aliphatic heterocycles. The van der Waals surface area contributed by atoms with Gasteiger partial charge in [0.1, 0.15) is 5.01 Å². The molecule has 0 aliphatic rings. The number of hydrogen-bond acceptors (Lipinski definition) is 7. The smallest absolute Gasteiger partial charge is 0.311 e. The van der Waals surface area contributed by atoms with Gasteiger partial charge in [-0.2, -0.15) is 0 Å². The number of nitro groups is 1. The Morgan fingerprint density at radius 2 is 2.22 bits per heavy atom. The van der Waals surface area contributed by atoms with Gasteiger partial charge in [-0.25, -0.2) is 0 Å². The molecule has 18 heavy (non-hydrogen) atoms. The van der Waals surface area contributed by atoms with Crippen molar-refractivity contribution in [3.63, 3.8) is 0 Å². The first-order chi connectivity index (χ1) is 8.65. The molecule has 8 heteroatoms. The molecule has 0 bridgehead atoms. The van der Waals surface area contributed by atoms with Crippen molar-refractivity contribution in [2.75, 3.05) is 7.05 Å². The highest BCUT2D eigenvalue weighted by Crippen LogP contribution is 2.35. The Hall–Kier alpha value is -1.38. The van der Waals surface area contributed by atoms with Crippen LogP contribution in [0.1, 0.15) is 24.4 Å². The normalized spacial score (nSPS) is 12.6. The maximum atomic E-state index is 10.6. The van der Waals surface area contributed by atoms with Gasteiger partial charge in [0.25, 0.3) is 0 Å². The Bertz CT molecular complexity index is 548. The highest BCUT2D eigenvalue weighted by Gasteiger charge is 2.17. The third kappa shape index (κ3) is 2.55. The fourth-order valence-electron chi connectivity index (χ4n) is 1.52. The lowest BCUT2D eigenvalue weighted by Gasteiger charge is -2.07. The van der Waals surface area contributed by atoms with Gasteiger partial charge in [-0.05, 0) is 19.5 Å².